The summed E-state index contributed by atoms with van der Waals surface area (Å²) in [4.78, 5) is 11.5. The molecule has 0 saturated carbocycles. The molecule has 0 radical (unpaired) electrons. The first kappa shape index (κ1) is 17.6. The fourth-order valence-electron chi connectivity index (χ4n) is 1.72. The maximum absolute atomic E-state index is 11.5. The van der Waals surface area contributed by atoms with Crippen LogP contribution >= 0.6 is 0 Å². The predicted octanol–water partition coefficient (Wildman–Crippen LogP) is 2.66. The van der Waals surface area contributed by atoms with E-state index in [2.05, 4.69) is 5.32 Å². The summed E-state index contributed by atoms with van der Waals surface area (Å²) >= 11 is 0. The molecule has 0 aliphatic carbocycles. The topological polar surface area (TPSA) is 80.6 Å². The van der Waals surface area contributed by atoms with Crippen LogP contribution in [0.4, 0.5) is 4.79 Å². The number of hydrogen-bond acceptors (Lipinski definition) is 5. The fourth-order valence-corrected chi connectivity index (χ4v) is 1.72. The van der Waals surface area contributed by atoms with Crippen molar-refractivity contribution in [1.82, 2.24) is 5.32 Å². The van der Waals surface area contributed by atoms with Gasteiger partial charge in [-0.3, -0.25) is 0 Å². The van der Waals surface area contributed by atoms with E-state index in [9.17, 15) is 4.79 Å². The normalized spacial score (nSPS) is 10.5. The van der Waals surface area contributed by atoms with Crippen molar-refractivity contribution in [2.24, 2.45) is 0 Å². The number of benzene rings is 1. The standard InChI is InChI=1S/C16H22N2O4/c1-16(2,3)22-15(19)18-9-7-12-5-6-13(21-10-8-17)14(11-12)20-4/h5-6,11H,7,9-10H2,1-4H3,(H,18,19). The van der Waals surface area contributed by atoms with Gasteiger partial charge in [0.05, 0.1) is 7.11 Å². The van der Waals surface area contributed by atoms with Gasteiger partial charge in [-0.1, -0.05) is 6.07 Å². The van der Waals surface area contributed by atoms with Crippen LogP contribution in [0.5, 0.6) is 11.5 Å². The molecule has 0 fully saturated rings. The minimum Gasteiger partial charge on any atom is -0.493 e. The number of hydrogen-bond donors (Lipinski definition) is 1. The Morgan fingerprint density at radius 1 is 1.32 bits per heavy atom. The van der Waals surface area contributed by atoms with Crippen LogP contribution in [-0.4, -0.2) is 32.0 Å². The molecule has 1 aromatic rings. The monoisotopic (exact) mass is 306 g/mol. The zero-order valence-corrected chi connectivity index (χ0v) is 13.4. The van der Waals surface area contributed by atoms with E-state index in [4.69, 9.17) is 19.5 Å². The number of carbonyl (C=O) groups is 1. The molecule has 0 heterocycles. The number of rotatable bonds is 6. The third-order valence-electron chi connectivity index (χ3n) is 2.60. The third kappa shape index (κ3) is 6.35. The fraction of sp³-hybridized carbons (Fsp3) is 0.500. The van der Waals surface area contributed by atoms with E-state index in [1.54, 1.807) is 6.07 Å². The van der Waals surface area contributed by atoms with Crippen molar-refractivity contribution in [2.75, 3.05) is 20.3 Å². The van der Waals surface area contributed by atoms with Gasteiger partial charge >= 0.3 is 6.09 Å². The molecular weight excluding hydrogens is 284 g/mol. The molecule has 22 heavy (non-hydrogen) atoms. The van der Waals surface area contributed by atoms with Gasteiger partial charge in [-0.15, -0.1) is 0 Å². The molecule has 0 aliphatic rings. The molecule has 0 atom stereocenters. The van der Waals surface area contributed by atoms with Crippen molar-refractivity contribution < 1.29 is 19.0 Å². The third-order valence-corrected chi connectivity index (χ3v) is 2.60. The van der Waals surface area contributed by atoms with Gasteiger partial charge in [-0.2, -0.15) is 5.26 Å². The van der Waals surface area contributed by atoms with E-state index in [0.29, 0.717) is 24.5 Å². The Hall–Kier alpha value is -2.42. The molecule has 6 heteroatoms. The second-order valence-electron chi connectivity index (χ2n) is 5.61. The summed E-state index contributed by atoms with van der Waals surface area (Å²) in [6, 6.07) is 7.35. The highest BCUT2D eigenvalue weighted by atomic mass is 16.6. The van der Waals surface area contributed by atoms with Crippen LogP contribution in [0.2, 0.25) is 0 Å². The van der Waals surface area contributed by atoms with E-state index < -0.39 is 11.7 Å². The van der Waals surface area contributed by atoms with Crippen LogP contribution in [0.15, 0.2) is 18.2 Å². The van der Waals surface area contributed by atoms with Crippen molar-refractivity contribution in [3.05, 3.63) is 23.8 Å². The van der Waals surface area contributed by atoms with Gasteiger partial charge in [-0.25, -0.2) is 4.79 Å². The number of amides is 1. The highest BCUT2D eigenvalue weighted by Gasteiger charge is 2.15. The van der Waals surface area contributed by atoms with Crippen LogP contribution in [0, 0.1) is 11.3 Å². The van der Waals surface area contributed by atoms with E-state index in [0.717, 1.165) is 5.56 Å². The number of carbonyl (C=O) groups excluding carboxylic acids is 1. The van der Waals surface area contributed by atoms with Gasteiger partial charge in [0.15, 0.2) is 18.1 Å². The summed E-state index contributed by atoms with van der Waals surface area (Å²) in [5.41, 5.74) is 0.477. The molecule has 1 rings (SSSR count). The average molecular weight is 306 g/mol. The Morgan fingerprint density at radius 3 is 2.64 bits per heavy atom. The number of nitriles is 1. The Bertz CT molecular complexity index is 544. The van der Waals surface area contributed by atoms with E-state index in [1.807, 2.05) is 39.0 Å². The van der Waals surface area contributed by atoms with E-state index >= 15 is 0 Å². The van der Waals surface area contributed by atoms with Crippen molar-refractivity contribution >= 4 is 6.09 Å². The minimum absolute atomic E-state index is 0.0318. The lowest BCUT2D eigenvalue weighted by Gasteiger charge is -2.19. The maximum atomic E-state index is 11.5. The van der Waals surface area contributed by atoms with Gasteiger partial charge in [-0.05, 0) is 44.9 Å². The second-order valence-corrected chi connectivity index (χ2v) is 5.61. The summed E-state index contributed by atoms with van der Waals surface area (Å²) in [7, 11) is 1.54. The number of ether oxygens (including phenoxy) is 3. The van der Waals surface area contributed by atoms with Gasteiger partial charge in [0.25, 0.3) is 0 Å². The SMILES string of the molecule is COc1cc(CCNC(=O)OC(C)(C)C)ccc1OCC#N. The Balaban J connectivity index is 2.53. The molecule has 0 aromatic heterocycles. The number of methoxy groups -OCH3 is 1. The molecule has 0 aliphatic heterocycles. The summed E-state index contributed by atoms with van der Waals surface area (Å²) in [6.45, 7) is 5.87. The summed E-state index contributed by atoms with van der Waals surface area (Å²) in [5.74, 6) is 1.08. The van der Waals surface area contributed by atoms with Crippen LogP contribution in [0.25, 0.3) is 0 Å². The minimum atomic E-state index is -0.507. The van der Waals surface area contributed by atoms with Crippen LogP contribution < -0.4 is 14.8 Å². The van der Waals surface area contributed by atoms with Gasteiger partial charge in [0.1, 0.15) is 11.7 Å². The molecule has 6 nitrogen and oxygen atoms in total. The van der Waals surface area contributed by atoms with Crippen LogP contribution in [0.1, 0.15) is 26.3 Å². The van der Waals surface area contributed by atoms with Crippen molar-refractivity contribution in [3.8, 4) is 17.6 Å². The van der Waals surface area contributed by atoms with Gasteiger partial charge in [0.2, 0.25) is 0 Å². The molecule has 1 aromatic carbocycles. The van der Waals surface area contributed by atoms with E-state index in [1.165, 1.54) is 7.11 Å². The molecule has 0 spiro atoms. The lowest BCUT2D eigenvalue weighted by atomic mass is 10.1. The number of alkyl carbamates (subject to hydrolysis) is 1. The Kier molecular flexibility index (Phi) is 6.51. The van der Waals surface area contributed by atoms with Crippen LogP contribution in [-0.2, 0) is 11.2 Å². The molecule has 120 valence electrons. The first-order valence-electron chi connectivity index (χ1n) is 6.99. The molecular formula is C16H22N2O4. The zero-order valence-electron chi connectivity index (χ0n) is 13.4. The second kappa shape index (κ2) is 8.13. The average Bonchev–Trinajstić information content (AvgIpc) is 2.43. The number of nitrogens with one attached hydrogen (secondary N) is 1. The number of nitrogens with zero attached hydrogens (tertiary/aromatic N) is 1. The van der Waals surface area contributed by atoms with Crippen LogP contribution in [0.3, 0.4) is 0 Å². The quantitative estimate of drug-likeness (QED) is 0.874. The van der Waals surface area contributed by atoms with Crippen molar-refractivity contribution in [2.45, 2.75) is 32.8 Å². The lowest BCUT2D eigenvalue weighted by molar-refractivity contribution is 0.0528. The lowest BCUT2D eigenvalue weighted by Crippen LogP contribution is -2.33. The predicted molar refractivity (Wildman–Crippen MR) is 82.0 cm³/mol. The highest BCUT2D eigenvalue weighted by molar-refractivity contribution is 5.67. The molecule has 0 bridgehead atoms. The van der Waals surface area contributed by atoms with Gasteiger partial charge in [0, 0.05) is 6.54 Å². The highest BCUT2D eigenvalue weighted by Crippen LogP contribution is 2.28. The molecule has 0 unspecified atom stereocenters. The molecule has 1 amide bonds. The summed E-state index contributed by atoms with van der Waals surface area (Å²) in [6.07, 6.45) is 0.196. The zero-order chi connectivity index (χ0) is 16.6. The largest absolute Gasteiger partial charge is 0.493 e. The summed E-state index contributed by atoms with van der Waals surface area (Å²) < 4.78 is 15.6. The molecule has 1 N–H and O–H groups in total. The molecule has 0 saturated heterocycles. The smallest absolute Gasteiger partial charge is 0.407 e. The summed E-state index contributed by atoms with van der Waals surface area (Å²) in [5, 5.41) is 11.2. The van der Waals surface area contributed by atoms with Gasteiger partial charge < -0.3 is 19.5 Å². The van der Waals surface area contributed by atoms with E-state index in [-0.39, 0.29) is 6.61 Å². The first-order chi connectivity index (χ1) is 10.4. The van der Waals surface area contributed by atoms with Crippen molar-refractivity contribution in [3.63, 3.8) is 0 Å². The maximum Gasteiger partial charge on any atom is 0.407 e. The Morgan fingerprint density at radius 2 is 2.05 bits per heavy atom. The Labute approximate surface area is 131 Å². The first-order valence-corrected chi connectivity index (χ1v) is 6.99. The van der Waals surface area contributed by atoms with Crippen molar-refractivity contribution in [1.29, 1.82) is 5.26 Å².